The van der Waals surface area contributed by atoms with E-state index in [0.717, 1.165) is 24.6 Å². The fraction of sp³-hybridized carbons (Fsp3) is 0.350. The van der Waals surface area contributed by atoms with E-state index in [1.54, 1.807) is 4.90 Å². The largest absolute Gasteiger partial charge is 0.343 e. The number of rotatable bonds is 7. The lowest BCUT2D eigenvalue weighted by Crippen LogP contribution is -2.26. The van der Waals surface area contributed by atoms with Crippen molar-refractivity contribution in [1.29, 1.82) is 0 Å². The molecule has 2 aromatic rings. The molecule has 2 aromatic carbocycles. The normalized spacial score (nSPS) is 15.8. The summed E-state index contributed by atoms with van der Waals surface area (Å²) in [5.74, 6) is -1.45. The Labute approximate surface area is 168 Å². The Bertz CT molecular complexity index is 964. The highest BCUT2D eigenvalue weighted by Gasteiger charge is 2.32. The number of halogens is 3. The average Bonchev–Trinajstić information content (AvgIpc) is 3.06. The fourth-order valence-corrected chi connectivity index (χ4v) is 5.40. The molecule has 1 fully saturated rings. The minimum Gasteiger partial charge on any atom is -0.343 e. The molecular weight excluding hydrogens is 408 g/mol. The topological polar surface area (TPSA) is 54.5 Å². The Morgan fingerprint density at radius 3 is 2.46 bits per heavy atom. The monoisotopic (exact) mass is 427 g/mol. The van der Waals surface area contributed by atoms with Crippen LogP contribution in [0.2, 0.25) is 5.02 Å². The van der Waals surface area contributed by atoms with Gasteiger partial charge in [-0.25, -0.2) is 17.2 Å². The van der Waals surface area contributed by atoms with E-state index >= 15 is 0 Å². The number of nitrogens with zero attached hydrogens (tertiary/aromatic N) is 1. The Hall–Kier alpha value is -1.99. The molecule has 1 atom stereocenters. The lowest BCUT2D eigenvalue weighted by Gasteiger charge is -2.21. The first-order valence-electron chi connectivity index (χ1n) is 9.01. The van der Waals surface area contributed by atoms with E-state index in [0.29, 0.717) is 31.0 Å². The van der Waals surface area contributed by atoms with Gasteiger partial charge >= 0.3 is 0 Å². The number of hydrogen-bond donors (Lipinski definition) is 0. The summed E-state index contributed by atoms with van der Waals surface area (Å²) in [5, 5.41) is -0.887. The molecule has 150 valence electrons. The quantitative estimate of drug-likeness (QED) is 0.652. The zero-order chi connectivity index (χ0) is 20.3. The molecular formula is C20H20ClF2NO3S. The standard InChI is InChI=1S/C20H20ClF2NO3S/c21-14-5-8-16(9-6-14)28(26,27)19(17-13-15(22)7-10-18(17)23)3-1-11-24-12-2-4-20(24)25/h5-10,13,19H,1-4,11-12H2. The van der Waals surface area contributed by atoms with Crippen molar-refractivity contribution < 1.29 is 22.0 Å². The fourth-order valence-electron chi connectivity index (χ4n) is 3.44. The lowest BCUT2D eigenvalue weighted by molar-refractivity contribution is -0.127. The van der Waals surface area contributed by atoms with Gasteiger partial charge in [0.05, 0.1) is 10.1 Å². The number of carbonyl (C=O) groups excluding carboxylic acids is 1. The zero-order valence-electron chi connectivity index (χ0n) is 15.1. The maximum atomic E-state index is 14.4. The number of amides is 1. The van der Waals surface area contributed by atoms with E-state index in [-0.39, 0.29) is 22.8 Å². The smallest absolute Gasteiger partial charge is 0.222 e. The molecule has 0 radical (unpaired) electrons. The molecule has 0 bridgehead atoms. The van der Waals surface area contributed by atoms with Gasteiger partial charge in [-0.15, -0.1) is 0 Å². The molecule has 0 aliphatic carbocycles. The number of carbonyl (C=O) groups is 1. The van der Waals surface area contributed by atoms with Crippen molar-refractivity contribution in [3.05, 3.63) is 64.7 Å². The van der Waals surface area contributed by atoms with E-state index in [4.69, 9.17) is 11.6 Å². The van der Waals surface area contributed by atoms with Crippen molar-refractivity contribution in [2.24, 2.45) is 0 Å². The Balaban J connectivity index is 1.90. The summed E-state index contributed by atoms with van der Waals surface area (Å²) in [6, 6.07) is 8.39. The predicted octanol–water partition coefficient (Wildman–Crippen LogP) is 4.54. The molecule has 1 aliphatic heterocycles. The van der Waals surface area contributed by atoms with E-state index in [9.17, 15) is 22.0 Å². The first-order valence-corrected chi connectivity index (χ1v) is 10.9. The van der Waals surface area contributed by atoms with Gasteiger partial charge in [-0.3, -0.25) is 4.79 Å². The molecule has 28 heavy (non-hydrogen) atoms. The van der Waals surface area contributed by atoms with E-state index in [1.165, 1.54) is 24.3 Å². The van der Waals surface area contributed by atoms with Crippen molar-refractivity contribution in [3.8, 4) is 0 Å². The van der Waals surface area contributed by atoms with E-state index in [1.807, 2.05) is 0 Å². The second-order valence-electron chi connectivity index (χ2n) is 6.78. The summed E-state index contributed by atoms with van der Waals surface area (Å²) in [5.41, 5.74) is -0.206. The third kappa shape index (κ3) is 4.52. The first-order chi connectivity index (χ1) is 13.3. The molecule has 1 unspecified atom stereocenters. The van der Waals surface area contributed by atoms with Crippen LogP contribution in [0, 0.1) is 11.6 Å². The number of hydrogen-bond acceptors (Lipinski definition) is 3. The highest BCUT2D eigenvalue weighted by molar-refractivity contribution is 7.91. The van der Waals surface area contributed by atoms with Crippen LogP contribution >= 0.6 is 11.6 Å². The Morgan fingerprint density at radius 2 is 1.82 bits per heavy atom. The minimum atomic E-state index is -3.99. The molecule has 1 amide bonds. The summed E-state index contributed by atoms with van der Waals surface area (Å²) in [4.78, 5) is 13.4. The van der Waals surface area contributed by atoms with Crippen LogP contribution in [-0.2, 0) is 14.6 Å². The van der Waals surface area contributed by atoms with Gasteiger partial charge in [0, 0.05) is 30.1 Å². The highest BCUT2D eigenvalue weighted by atomic mass is 35.5. The van der Waals surface area contributed by atoms with Gasteiger partial charge in [-0.1, -0.05) is 11.6 Å². The third-order valence-corrected chi connectivity index (χ3v) is 7.31. The molecule has 0 saturated carbocycles. The van der Waals surface area contributed by atoms with Crippen LogP contribution in [0.25, 0.3) is 0 Å². The molecule has 8 heteroatoms. The summed E-state index contributed by atoms with van der Waals surface area (Å²) in [6.45, 7) is 1.03. The van der Waals surface area contributed by atoms with Gasteiger partial charge in [0.15, 0.2) is 9.84 Å². The van der Waals surface area contributed by atoms with Crippen molar-refractivity contribution in [2.75, 3.05) is 13.1 Å². The second kappa shape index (κ2) is 8.57. The highest BCUT2D eigenvalue weighted by Crippen LogP contribution is 2.35. The average molecular weight is 428 g/mol. The molecule has 4 nitrogen and oxygen atoms in total. The van der Waals surface area contributed by atoms with Crippen LogP contribution < -0.4 is 0 Å². The number of likely N-dealkylation sites (tertiary alicyclic amines) is 1. The van der Waals surface area contributed by atoms with Gasteiger partial charge in [0.1, 0.15) is 11.6 Å². The van der Waals surface area contributed by atoms with Crippen LogP contribution in [-0.4, -0.2) is 32.3 Å². The third-order valence-electron chi connectivity index (χ3n) is 4.89. The van der Waals surface area contributed by atoms with Gasteiger partial charge in [-0.2, -0.15) is 0 Å². The van der Waals surface area contributed by atoms with Crippen molar-refractivity contribution in [1.82, 2.24) is 4.90 Å². The maximum absolute atomic E-state index is 14.4. The summed E-state index contributed by atoms with van der Waals surface area (Å²) < 4.78 is 54.5. The van der Waals surface area contributed by atoms with E-state index < -0.39 is 26.7 Å². The SMILES string of the molecule is O=C1CCCN1CCCC(c1cc(F)ccc1F)S(=O)(=O)c1ccc(Cl)cc1. The maximum Gasteiger partial charge on any atom is 0.222 e. The molecule has 0 aromatic heterocycles. The van der Waals surface area contributed by atoms with Crippen molar-refractivity contribution in [2.45, 2.75) is 35.8 Å². The second-order valence-corrected chi connectivity index (χ2v) is 9.35. The summed E-state index contributed by atoms with van der Waals surface area (Å²) in [7, 11) is -3.99. The van der Waals surface area contributed by atoms with Crippen LogP contribution in [0.3, 0.4) is 0 Å². The van der Waals surface area contributed by atoms with Gasteiger partial charge in [0.25, 0.3) is 0 Å². The van der Waals surface area contributed by atoms with Gasteiger partial charge in [0.2, 0.25) is 5.91 Å². The van der Waals surface area contributed by atoms with Crippen LogP contribution in [0.5, 0.6) is 0 Å². The molecule has 1 saturated heterocycles. The van der Waals surface area contributed by atoms with Gasteiger partial charge < -0.3 is 4.90 Å². The van der Waals surface area contributed by atoms with Crippen LogP contribution in [0.4, 0.5) is 8.78 Å². The van der Waals surface area contributed by atoms with Gasteiger partial charge in [-0.05, 0) is 61.7 Å². The van der Waals surface area contributed by atoms with Crippen LogP contribution in [0.1, 0.15) is 36.5 Å². The molecule has 0 spiro atoms. The molecule has 1 heterocycles. The van der Waals surface area contributed by atoms with Crippen molar-refractivity contribution in [3.63, 3.8) is 0 Å². The number of sulfone groups is 1. The van der Waals surface area contributed by atoms with E-state index in [2.05, 4.69) is 0 Å². The Morgan fingerprint density at radius 1 is 1.11 bits per heavy atom. The minimum absolute atomic E-state index is 0.0113. The van der Waals surface area contributed by atoms with Crippen molar-refractivity contribution >= 4 is 27.3 Å². The molecule has 1 aliphatic rings. The summed E-state index contributed by atoms with van der Waals surface area (Å²) >= 11 is 5.83. The first kappa shape index (κ1) is 20.7. The number of benzene rings is 2. The molecule has 3 rings (SSSR count). The Kier molecular flexibility index (Phi) is 6.35. The predicted molar refractivity (Wildman–Crippen MR) is 103 cm³/mol. The van der Waals surface area contributed by atoms with Crippen LogP contribution in [0.15, 0.2) is 47.4 Å². The molecule has 0 N–H and O–H groups in total. The zero-order valence-corrected chi connectivity index (χ0v) is 16.6. The summed E-state index contributed by atoms with van der Waals surface area (Å²) in [6.07, 6.45) is 1.70. The lowest BCUT2D eigenvalue weighted by atomic mass is 10.1.